The van der Waals surface area contributed by atoms with Crippen molar-refractivity contribution in [1.82, 2.24) is 0 Å². The van der Waals surface area contributed by atoms with Crippen LogP contribution >= 0.6 is 0 Å². The predicted molar refractivity (Wildman–Crippen MR) is 65.1 cm³/mol. The van der Waals surface area contributed by atoms with Crippen molar-refractivity contribution in [2.75, 3.05) is 0 Å². The number of hydrogen-bond acceptors (Lipinski definition) is 2. The summed E-state index contributed by atoms with van der Waals surface area (Å²) in [6.07, 6.45) is 5.12. The van der Waals surface area contributed by atoms with Crippen molar-refractivity contribution in [2.24, 2.45) is 0 Å². The van der Waals surface area contributed by atoms with Gasteiger partial charge in [-0.15, -0.1) is 0 Å². The molecule has 2 nitrogen and oxygen atoms in total. The average Bonchev–Trinajstić information content (AvgIpc) is 2.25. The monoisotopic (exact) mass is 218 g/mol. The zero-order valence-corrected chi connectivity index (χ0v) is 9.85. The molecule has 2 heteroatoms. The summed E-state index contributed by atoms with van der Waals surface area (Å²) in [4.78, 5) is 11.2. The number of rotatable bonds is 5. The van der Waals surface area contributed by atoms with E-state index in [0.717, 1.165) is 12.8 Å². The molecule has 0 aliphatic carbocycles. The maximum absolute atomic E-state index is 11.2. The summed E-state index contributed by atoms with van der Waals surface area (Å²) in [5, 5.41) is 0. The van der Waals surface area contributed by atoms with Crippen molar-refractivity contribution in [1.29, 1.82) is 0 Å². The van der Waals surface area contributed by atoms with Crippen molar-refractivity contribution in [3.8, 4) is 0 Å². The van der Waals surface area contributed by atoms with Crippen molar-refractivity contribution in [2.45, 2.75) is 32.8 Å². The topological polar surface area (TPSA) is 26.3 Å². The molecule has 1 aromatic rings. The van der Waals surface area contributed by atoms with Gasteiger partial charge < -0.3 is 4.74 Å². The minimum absolute atomic E-state index is 0.0497. The molecule has 0 fully saturated rings. The molecule has 1 rings (SSSR count). The lowest BCUT2D eigenvalue weighted by Gasteiger charge is -2.03. The molecule has 86 valence electrons. The Morgan fingerprint density at radius 3 is 2.62 bits per heavy atom. The van der Waals surface area contributed by atoms with Gasteiger partial charge in [-0.1, -0.05) is 36.4 Å². The molecule has 0 unspecified atom stereocenters. The minimum Gasteiger partial charge on any atom is -0.460 e. The minimum atomic E-state index is -0.261. The predicted octanol–water partition coefficient (Wildman–Crippen LogP) is 3.13. The molecule has 16 heavy (non-hydrogen) atoms. The van der Waals surface area contributed by atoms with Gasteiger partial charge in [-0.3, -0.25) is 0 Å². The first kappa shape index (κ1) is 12.5. The summed E-state index contributed by atoms with van der Waals surface area (Å²) in [6.45, 7) is 3.69. The maximum atomic E-state index is 11.2. The van der Waals surface area contributed by atoms with Crippen LogP contribution in [0.4, 0.5) is 0 Å². The van der Waals surface area contributed by atoms with Gasteiger partial charge in [0.05, 0.1) is 6.10 Å². The van der Waals surface area contributed by atoms with Crippen LogP contribution in [0.2, 0.25) is 0 Å². The second-order valence-electron chi connectivity index (χ2n) is 3.91. The Bertz CT molecular complexity index is 339. The number of aryl methyl sites for hydroxylation is 1. The van der Waals surface area contributed by atoms with Gasteiger partial charge in [0.25, 0.3) is 0 Å². The summed E-state index contributed by atoms with van der Waals surface area (Å²) in [6, 6.07) is 10.2. The fourth-order valence-corrected chi connectivity index (χ4v) is 1.35. The fraction of sp³-hybridized carbons (Fsp3) is 0.357. The van der Waals surface area contributed by atoms with Gasteiger partial charge in [0.1, 0.15) is 0 Å². The van der Waals surface area contributed by atoms with Gasteiger partial charge in [-0.2, -0.15) is 0 Å². The molecule has 0 spiro atoms. The molecule has 0 aliphatic heterocycles. The zero-order valence-electron chi connectivity index (χ0n) is 9.85. The number of hydrogen-bond donors (Lipinski definition) is 0. The van der Waals surface area contributed by atoms with Crippen LogP contribution in [0.3, 0.4) is 0 Å². The fourth-order valence-electron chi connectivity index (χ4n) is 1.35. The SMILES string of the molecule is CC(C)OC(=O)/C=C\CCc1ccccc1. The molecule has 0 aliphatic rings. The van der Waals surface area contributed by atoms with Crippen molar-refractivity contribution in [3.05, 3.63) is 48.0 Å². The molecule has 0 aromatic heterocycles. The number of carbonyl (C=O) groups excluding carboxylic acids is 1. The highest BCUT2D eigenvalue weighted by atomic mass is 16.5. The lowest BCUT2D eigenvalue weighted by Crippen LogP contribution is -2.08. The highest BCUT2D eigenvalue weighted by molar-refractivity contribution is 5.81. The molecule has 0 amide bonds. The summed E-state index contributed by atoms with van der Waals surface area (Å²) >= 11 is 0. The van der Waals surface area contributed by atoms with E-state index in [1.54, 1.807) is 0 Å². The third kappa shape index (κ3) is 5.35. The molecule has 0 radical (unpaired) electrons. The number of benzene rings is 1. The van der Waals surface area contributed by atoms with Gasteiger partial charge in [-0.05, 0) is 32.3 Å². The molecule has 1 aromatic carbocycles. The highest BCUT2D eigenvalue weighted by Gasteiger charge is 1.98. The maximum Gasteiger partial charge on any atom is 0.330 e. The number of allylic oxidation sites excluding steroid dienone is 1. The van der Waals surface area contributed by atoms with E-state index in [1.165, 1.54) is 11.6 Å². The van der Waals surface area contributed by atoms with E-state index in [2.05, 4.69) is 12.1 Å². The smallest absolute Gasteiger partial charge is 0.330 e. The molecule has 0 atom stereocenters. The Labute approximate surface area is 96.9 Å². The van der Waals surface area contributed by atoms with Crippen molar-refractivity contribution in [3.63, 3.8) is 0 Å². The first-order chi connectivity index (χ1) is 7.68. The van der Waals surface area contributed by atoms with Crippen LogP contribution in [-0.4, -0.2) is 12.1 Å². The van der Waals surface area contributed by atoms with Gasteiger partial charge in [0.15, 0.2) is 0 Å². The molecular weight excluding hydrogens is 200 g/mol. The standard InChI is InChI=1S/C14H18O2/c1-12(2)16-14(15)11-7-6-10-13-8-4-3-5-9-13/h3-5,7-9,11-12H,6,10H2,1-2H3/b11-7-. The highest BCUT2D eigenvalue weighted by Crippen LogP contribution is 2.03. The zero-order chi connectivity index (χ0) is 11.8. The first-order valence-electron chi connectivity index (χ1n) is 5.59. The van der Waals surface area contributed by atoms with Crippen LogP contribution in [0.1, 0.15) is 25.8 Å². The molecule has 0 saturated heterocycles. The number of esters is 1. The molecular formula is C14H18O2. The van der Waals surface area contributed by atoms with E-state index >= 15 is 0 Å². The summed E-state index contributed by atoms with van der Waals surface area (Å²) in [5.41, 5.74) is 1.28. The van der Waals surface area contributed by atoms with Crippen LogP contribution < -0.4 is 0 Å². The average molecular weight is 218 g/mol. The second-order valence-corrected chi connectivity index (χ2v) is 3.91. The van der Waals surface area contributed by atoms with E-state index in [0.29, 0.717) is 0 Å². The van der Waals surface area contributed by atoms with Crippen LogP contribution in [0, 0.1) is 0 Å². The Hall–Kier alpha value is -1.57. The quantitative estimate of drug-likeness (QED) is 0.560. The lowest BCUT2D eigenvalue weighted by atomic mass is 10.1. The summed E-state index contributed by atoms with van der Waals surface area (Å²) in [7, 11) is 0. The van der Waals surface area contributed by atoms with E-state index in [4.69, 9.17) is 4.74 Å². The first-order valence-corrected chi connectivity index (χ1v) is 5.59. The summed E-state index contributed by atoms with van der Waals surface area (Å²) in [5.74, 6) is -0.261. The van der Waals surface area contributed by atoms with E-state index < -0.39 is 0 Å². The van der Waals surface area contributed by atoms with Gasteiger partial charge in [-0.25, -0.2) is 4.79 Å². The normalized spacial score (nSPS) is 10.9. The van der Waals surface area contributed by atoms with Crippen LogP contribution in [-0.2, 0) is 16.0 Å². The molecule has 0 N–H and O–H groups in total. The van der Waals surface area contributed by atoms with Crippen molar-refractivity contribution < 1.29 is 9.53 Å². The van der Waals surface area contributed by atoms with E-state index in [9.17, 15) is 4.79 Å². The Balaban J connectivity index is 2.25. The van der Waals surface area contributed by atoms with E-state index in [-0.39, 0.29) is 12.1 Å². The number of carbonyl (C=O) groups is 1. The molecule has 0 heterocycles. The van der Waals surface area contributed by atoms with Gasteiger partial charge in [0.2, 0.25) is 0 Å². The largest absolute Gasteiger partial charge is 0.460 e. The Morgan fingerprint density at radius 2 is 2.00 bits per heavy atom. The van der Waals surface area contributed by atoms with Crippen LogP contribution in [0.15, 0.2) is 42.5 Å². The third-order valence-electron chi connectivity index (χ3n) is 2.05. The number of ether oxygens (including phenoxy) is 1. The van der Waals surface area contributed by atoms with Crippen molar-refractivity contribution >= 4 is 5.97 Å². The molecule has 0 saturated carbocycles. The lowest BCUT2D eigenvalue weighted by molar-refractivity contribution is -0.141. The van der Waals surface area contributed by atoms with Crippen LogP contribution in [0.5, 0.6) is 0 Å². The third-order valence-corrected chi connectivity index (χ3v) is 2.05. The van der Waals surface area contributed by atoms with Crippen LogP contribution in [0.25, 0.3) is 0 Å². The van der Waals surface area contributed by atoms with Gasteiger partial charge in [0, 0.05) is 6.08 Å². The molecule has 0 bridgehead atoms. The second kappa shape index (κ2) is 6.83. The Kier molecular flexibility index (Phi) is 5.34. The Morgan fingerprint density at radius 1 is 1.31 bits per heavy atom. The summed E-state index contributed by atoms with van der Waals surface area (Å²) < 4.78 is 4.98. The van der Waals surface area contributed by atoms with E-state index in [1.807, 2.05) is 38.1 Å². The van der Waals surface area contributed by atoms with Gasteiger partial charge >= 0.3 is 5.97 Å².